The van der Waals surface area contributed by atoms with Crippen LogP contribution < -0.4 is 11.1 Å². The standard InChI is InChI=1S/C12H16N4/c1-8(7-13)14-12-11-6-4-3-5-10(11)9(2)15-16-12/h3-6,8H,7,13H2,1-2H3,(H,14,16). The Labute approximate surface area is 94.9 Å². The maximum absolute atomic E-state index is 5.58. The first-order valence-electron chi connectivity index (χ1n) is 5.41. The third kappa shape index (κ3) is 1.97. The SMILES string of the molecule is Cc1nnc(NC(C)CN)c2ccccc12. The average molecular weight is 216 g/mol. The molecule has 0 radical (unpaired) electrons. The molecule has 0 aliphatic carbocycles. The molecule has 1 atom stereocenters. The van der Waals surface area contributed by atoms with Gasteiger partial charge in [0.1, 0.15) is 0 Å². The Morgan fingerprint density at radius 2 is 1.94 bits per heavy atom. The first-order chi connectivity index (χ1) is 7.72. The summed E-state index contributed by atoms with van der Waals surface area (Å²) in [6, 6.07) is 8.30. The minimum Gasteiger partial charge on any atom is -0.364 e. The van der Waals surface area contributed by atoms with Gasteiger partial charge < -0.3 is 11.1 Å². The minimum atomic E-state index is 0.195. The van der Waals surface area contributed by atoms with Gasteiger partial charge in [-0.1, -0.05) is 24.3 Å². The molecule has 16 heavy (non-hydrogen) atoms. The van der Waals surface area contributed by atoms with Gasteiger partial charge in [-0.15, -0.1) is 5.10 Å². The number of aromatic nitrogens is 2. The lowest BCUT2D eigenvalue weighted by Crippen LogP contribution is -2.26. The molecule has 2 rings (SSSR count). The smallest absolute Gasteiger partial charge is 0.156 e. The summed E-state index contributed by atoms with van der Waals surface area (Å²) in [6.45, 7) is 4.56. The van der Waals surface area contributed by atoms with Crippen LogP contribution in [0, 0.1) is 6.92 Å². The number of benzene rings is 1. The summed E-state index contributed by atoms with van der Waals surface area (Å²) >= 11 is 0. The molecule has 0 aliphatic rings. The highest BCUT2D eigenvalue weighted by molar-refractivity contribution is 5.92. The second-order valence-electron chi connectivity index (χ2n) is 3.96. The molecular weight excluding hydrogens is 200 g/mol. The predicted octanol–water partition coefficient (Wildman–Crippen LogP) is 1.70. The van der Waals surface area contributed by atoms with Crippen LogP contribution in [0.25, 0.3) is 10.8 Å². The summed E-state index contributed by atoms with van der Waals surface area (Å²) in [6.07, 6.45) is 0. The molecule has 0 bridgehead atoms. The normalized spacial score (nSPS) is 12.7. The summed E-state index contributed by atoms with van der Waals surface area (Å²) in [4.78, 5) is 0. The molecular formula is C12H16N4. The molecule has 0 fully saturated rings. The van der Waals surface area contributed by atoms with Crippen molar-refractivity contribution < 1.29 is 0 Å². The Morgan fingerprint density at radius 3 is 2.62 bits per heavy atom. The number of nitrogens with two attached hydrogens (primary N) is 1. The van der Waals surface area contributed by atoms with Crippen molar-refractivity contribution in [1.29, 1.82) is 0 Å². The summed E-state index contributed by atoms with van der Waals surface area (Å²) in [5.74, 6) is 0.805. The number of aryl methyl sites for hydroxylation is 1. The van der Waals surface area contributed by atoms with E-state index in [-0.39, 0.29) is 6.04 Å². The van der Waals surface area contributed by atoms with Crippen LogP contribution in [0.2, 0.25) is 0 Å². The van der Waals surface area contributed by atoms with Gasteiger partial charge in [0, 0.05) is 23.4 Å². The third-order valence-corrected chi connectivity index (χ3v) is 2.61. The molecule has 0 spiro atoms. The van der Waals surface area contributed by atoms with Gasteiger partial charge in [-0.25, -0.2) is 0 Å². The monoisotopic (exact) mass is 216 g/mol. The summed E-state index contributed by atoms with van der Waals surface area (Å²) in [5.41, 5.74) is 6.53. The Balaban J connectivity index is 2.50. The van der Waals surface area contributed by atoms with Gasteiger partial charge in [0.25, 0.3) is 0 Å². The van der Waals surface area contributed by atoms with E-state index in [1.165, 1.54) is 0 Å². The number of fused-ring (bicyclic) bond motifs is 1. The molecule has 0 amide bonds. The summed E-state index contributed by atoms with van der Waals surface area (Å²) in [7, 11) is 0. The maximum atomic E-state index is 5.58. The van der Waals surface area contributed by atoms with Crippen LogP contribution in [0.3, 0.4) is 0 Å². The average Bonchev–Trinajstić information content (AvgIpc) is 2.33. The molecule has 84 valence electrons. The fourth-order valence-electron chi connectivity index (χ4n) is 1.64. The van der Waals surface area contributed by atoms with Crippen LogP contribution >= 0.6 is 0 Å². The highest BCUT2D eigenvalue weighted by atomic mass is 15.2. The highest BCUT2D eigenvalue weighted by Crippen LogP contribution is 2.22. The molecule has 4 nitrogen and oxygen atoms in total. The van der Waals surface area contributed by atoms with Crippen LogP contribution in [-0.2, 0) is 0 Å². The molecule has 1 heterocycles. The van der Waals surface area contributed by atoms with Gasteiger partial charge in [-0.05, 0) is 13.8 Å². The van der Waals surface area contributed by atoms with Gasteiger partial charge in [0.05, 0.1) is 5.69 Å². The molecule has 1 aromatic heterocycles. The van der Waals surface area contributed by atoms with E-state index in [2.05, 4.69) is 21.6 Å². The minimum absolute atomic E-state index is 0.195. The van der Waals surface area contributed by atoms with E-state index in [1.54, 1.807) is 0 Å². The van der Waals surface area contributed by atoms with Gasteiger partial charge in [-0.3, -0.25) is 0 Å². The van der Waals surface area contributed by atoms with Crippen LogP contribution in [-0.4, -0.2) is 22.8 Å². The Hall–Kier alpha value is -1.68. The number of hydrogen-bond acceptors (Lipinski definition) is 4. The second kappa shape index (κ2) is 4.45. The lowest BCUT2D eigenvalue weighted by molar-refractivity contribution is 0.793. The molecule has 3 N–H and O–H groups in total. The first-order valence-corrected chi connectivity index (χ1v) is 5.41. The van der Waals surface area contributed by atoms with Gasteiger partial charge in [-0.2, -0.15) is 5.10 Å². The molecule has 2 aromatic rings. The molecule has 0 aliphatic heterocycles. The lowest BCUT2D eigenvalue weighted by atomic mass is 10.1. The molecule has 1 aromatic carbocycles. The van der Waals surface area contributed by atoms with Crippen molar-refractivity contribution in [2.45, 2.75) is 19.9 Å². The van der Waals surface area contributed by atoms with Crippen LogP contribution in [0.15, 0.2) is 24.3 Å². The topological polar surface area (TPSA) is 63.8 Å². The van der Waals surface area contributed by atoms with Crippen LogP contribution in [0.5, 0.6) is 0 Å². The van der Waals surface area contributed by atoms with Crippen molar-refractivity contribution in [2.75, 3.05) is 11.9 Å². The van der Waals surface area contributed by atoms with Crippen LogP contribution in [0.1, 0.15) is 12.6 Å². The van der Waals surface area contributed by atoms with Gasteiger partial charge in [0.2, 0.25) is 0 Å². The van der Waals surface area contributed by atoms with Gasteiger partial charge >= 0.3 is 0 Å². The lowest BCUT2D eigenvalue weighted by Gasteiger charge is -2.13. The largest absolute Gasteiger partial charge is 0.364 e. The molecule has 1 unspecified atom stereocenters. The second-order valence-corrected chi connectivity index (χ2v) is 3.96. The number of hydrogen-bond donors (Lipinski definition) is 2. The summed E-state index contributed by atoms with van der Waals surface area (Å²) in [5, 5.41) is 13.8. The van der Waals surface area contributed by atoms with Crippen molar-refractivity contribution in [2.24, 2.45) is 5.73 Å². The molecule has 4 heteroatoms. The van der Waals surface area contributed by atoms with Crippen molar-refractivity contribution in [3.63, 3.8) is 0 Å². The quantitative estimate of drug-likeness (QED) is 0.819. The van der Waals surface area contributed by atoms with E-state index in [1.807, 2.05) is 32.0 Å². The van der Waals surface area contributed by atoms with E-state index in [9.17, 15) is 0 Å². The Morgan fingerprint density at radius 1 is 1.25 bits per heavy atom. The number of rotatable bonds is 3. The Kier molecular flexibility index (Phi) is 3.01. The van der Waals surface area contributed by atoms with E-state index in [0.717, 1.165) is 22.3 Å². The van der Waals surface area contributed by atoms with Crippen molar-refractivity contribution in [3.05, 3.63) is 30.0 Å². The summed E-state index contributed by atoms with van der Waals surface area (Å²) < 4.78 is 0. The van der Waals surface area contributed by atoms with Crippen molar-refractivity contribution in [3.8, 4) is 0 Å². The zero-order chi connectivity index (χ0) is 11.5. The zero-order valence-corrected chi connectivity index (χ0v) is 9.57. The predicted molar refractivity (Wildman–Crippen MR) is 66.4 cm³/mol. The number of anilines is 1. The first kappa shape index (κ1) is 10.8. The number of nitrogens with one attached hydrogen (secondary N) is 1. The maximum Gasteiger partial charge on any atom is 0.156 e. The number of nitrogens with zero attached hydrogens (tertiary/aromatic N) is 2. The fourth-order valence-corrected chi connectivity index (χ4v) is 1.64. The van der Waals surface area contributed by atoms with E-state index < -0.39 is 0 Å². The Bertz CT molecular complexity index is 495. The van der Waals surface area contributed by atoms with E-state index in [0.29, 0.717) is 6.54 Å². The van der Waals surface area contributed by atoms with Gasteiger partial charge in [0.15, 0.2) is 5.82 Å². The van der Waals surface area contributed by atoms with E-state index in [4.69, 9.17) is 5.73 Å². The molecule has 0 saturated carbocycles. The van der Waals surface area contributed by atoms with Crippen LogP contribution in [0.4, 0.5) is 5.82 Å². The van der Waals surface area contributed by atoms with Crippen molar-refractivity contribution in [1.82, 2.24) is 10.2 Å². The van der Waals surface area contributed by atoms with E-state index >= 15 is 0 Å². The third-order valence-electron chi connectivity index (χ3n) is 2.61. The fraction of sp³-hybridized carbons (Fsp3) is 0.333. The van der Waals surface area contributed by atoms with Crippen molar-refractivity contribution >= 4 is 16.6 Å². The zero-order valence-electron chi connectivity index (χ0n) is 9.57. The molecule has 0 saturated heterocycles. The highest BCUT2D eigenvalue weighted by Gasteiger charge is 2.07.